The molecule has 108 valence electrons. The van der Waals surface area contributed by atoms with Crippen LogP contribution in [0.1, 0.15) is 30.5 Å². The van der Waals surface area contributed by atoms with Gasteiger partial charge in [-0.05, 0) is 49.4 Å². The molecule has 0 amide bonds. The van der Waals surface area contributed by atoms with Crippen molar-refractivity contribution in [3.63, 3.8) is 0 Å². The highest BCUT2D eigenvalue weighted by Crippen LogP contribution is 2.34. The standard InChI is InChI=1S/C16H28N2O/c1-10(2)14(9-17)18(6)16-11(3)8-15(19-7)12(4)13(16)5/h8,10,14H,9,17H2,1-7H3. The summed E-state index contributed by atoms with van der Waals surface area (Å²) in [4.78, 5) is 2.32. The molecule has 0 aromatic heterocycles. The number of ether oxygens (including phenoxy) is 1. The Bertz CT molecular complexity index is 441. The fourth-order valence-corrected chi connectivity index (χ4v) is 2.83. The summed E-state index contributed by atoms with van der Waals surface area (Å²) in [6.07, 6.45) is 0. The monoisotopic (exact) mass is 264 g/mol. The summed E-state index contributed by atoms with van der Waals surface area (Å²) < 4.78 is 5.43. The third-order valence-electron chi connectivity index (χ3n) is 4.09. The molecule has 0 heterocycles. The van der Waals surface area contributed by atoms with E-state index < -0.39 is 0 Å². The highest BCUT2D eigenvalue weighted by atomic mass is 16.5. The number of nitrogens with two attached hydrogens (primary N) is 1. The summed E-state index contributed by atoms with van der Waals surface area (Å²) >= 11 is 0. The molecule has 3 nitrogen and oxygen atoms in total. The number of hydrogen-bond acceptors (Lipinski definition) is 3. The van der Waals surface area contributed by atoms with Crippen LogP contribution in [0.4, 0.5) is 5.69 Å². The summed E-state index contributed by atoms with van der Waals surface area (Å²) in [5, 5.41) is 0. The van der Waals surface area contributed by atoms with E-state index in [0.29, 0.717) is 18.5 Å². The van der Waals surface area contributed by atoms with Gasteiger partial charge in [-0.2, -0.15) is 0 Å². The highest BCUT2D eigenvalue weighted by molar-refractivity contribution is 5.65. The molecule has 2 N–H and O–H groups in total. The summed E-state index contributed by atoms with van der Waals surface area (Å²) in [7, 11) is 3.86. The second-order valence-electron chi connectivity index (χ2n) is 5.65. The first kappa shape index (κ1) is 15.8. The molecule has 0 spiro atoms. The number of hydrogen-bond donors (Lipinski definition) is 1. The predicted octanol–water partition coefficient (Wildman–Crippen LogP) is 3.04. The van der Waals surface area contributed by atoms with Crippen LogP contribution in [0.2, 0.25) is 0 Å². The summed E-state index contributed by atoms with van der Waals surface area (Å²) in [6.45, 7) is 11.5. The molecule has 3 heteroatoms. The van der Waals surface area contributed by atoms with Crippen LogP contribution < -0.4 is 15.4 Å². The minimum atomic E-state index is 0.352. The number of likely N-dealkylation sites (N-methyl/N-ethyl adjacent to an activating group) is 1. The molecule has 1 aromatic carbocycles. The molecule has 1 unspecified atom stereocenters. The smallest absolute Gasteiger partial charge is 0.122 e. The number of nitrogens with zero attached hydrogens (tertiary/aromatic N) is 1. The van der Waals surface area contributed by atoms with Crippen LogP contribution in [-0.4, -0.2) is 26.7 Å². The first-order chi connectivity index (χ1) is 8.84. The molecule has 1 aromatic rings. The number of benzene rings is 1. The molecule has 0 saturated heterocycles. The lowest BCUT2D eigenvalue weighted by atomic mass is 9.97. The number of aryl methyl sites for hydroxylation is 1. The van der Waals surface area contributed by atoms with Crippen molar-refractivity contribution < 1.29 is 4.74 Å². The number of rotatable bonds is 5. The molecule has 0 radical (unpaired) electrons. The van der Waals surface area contributed by atoms with Gasteiger partial charge in [0.05, 0.1) is 7.11 Å². The molecule has 0 bridgehead atoms. The van der Waals surface area contributed by atoms with Gasteiger partial charge in [-0.1, -0.05) is 13.8 Å². The minimum Gasteiger partial charge on any atom is -0.496 e. The van der Waals surface area contributed by atoms with E-state index in [2.05, 4.69) is 52.6 Å². The van der Waals surface area contributed by atoms with Gasteiger partial charge in [0.2, 0.25) is 0 Å². The SMILES string of the molecule is COc1cc(C)c(N(C)C(CN)C(C)C)c(C)c1C. The molecule has 0 aliphatic heterocycles. The Kier molecular flexibility index (Phi) is 5.24. The van der Waals surface area contributed by atoms with Crippen molar-refractivity contribution in [1.82, 2.24) is 0 Å². The topological polar surface area (TPSA) is 38.5 Å². The van der Waals surface area contributed by atoms with Gasteiger partial charge < -0.3 is 15.4 Å². The van der Waals surface area contributed by atoms with Crippen molar-refractivity contribution in [2.75, 3.05) is 25.6 Å². The van der Waals surface area contributed by atoms with E-state index >= 15 is 0 Å². The van der Waals surface area contributed by atoms with Crippen molar-refractivity contribution in [3.05, 3.63) is 22.8 Å². The van der Waals surface area contributed by atoms with Crippen molar-refractivity contribution in [3.8, 4) is 5.75 Å². The van der Waals surface area contributed by atoms with E-state index in [-0.39, 0.29) is 0 Å². The van der Waals surface area contributed by atoms with Crippen molar-refractivity contribution >= 4 is 5.69 Å². The number of methoxy groups -OCH3 is 1. The van der Waals surface area contributed by atoms with Gasteiger partial charge in [-0.15, -0.1) is 0 Å². The maximum Gasteiger partial charge on any atom is 0.122 e. The third kappa shape index (κ3) is 3.03. The van der Waals surface area contributed by atoms with Crippen LogP contribution in [-0.2, 0) is 0 Å². The Labute approximate surface area is 117 Å². The van der Waals surface area contributed by atoms with Gasteiger partial charge in [0, 0.05) is 25.3 Å². The zero-order valence-electron chi connectivity index (χ0n) is 13.4. The zero-order chi connectivity index (χ0) is 14.7. The van der Waals surface area contributed by atoms with Gasteiger partial charge in [0.25, 0.3) is 0 Å². The third-order valence-corrected chi connectivity index (χ3v) is 4.09. The predicted molar refractivity (Wildman–Crippen MR) is 83.3 cm³/mol. The average molecular weight is 264 g/mol. The van der Waals surface area contributed by atoms with Crippen LogP contribution in [0.3, 0.4) is 0 Å². The van der Waals surface area contributed by atoms with Crippen LogP contribution in [0.5, 0.6) is 5.75 Å². The molecule has 0 aliphatic carbocycles. The largest absolute Gasteiger partial charge is 0.496 e. The molecular formula is C16H28N2O. The van der Waals surface area contributed by atoms with E-state index in [1.807, 2.05) is 0 Å². The Morgan fingerprint density at radius 3 is 2.21 bits per heavy atom. The Hall–Kier alpha value is -1.22. The molecule has 0 saturated carbocycles. The molecule has 0 aliphatic rings. The lowest BCUT2D eigenvalue weighted by Gasteiger charge is -2.35. The van der Waals surface area contributed by atoms with E-state index in [1.165, 1.54) is 22.4 Å². The molecular weight excluding hydrogens is 236 g/mol. The first-order valence-electron chi connectivity index (χ1n) is 6.92. The number of anilines is 1. The minimum absolute atomic E-state index is 0.352. The Morgan fingerprint density at radius 1 is 1.21 bits per heavy atom. The average Bonchev–Trinajstić information content (AvgIpc) is 2.34. The Morgan fingerprint density at radius 2 is 1.79 bits per heavy atom. The normalized spacial score (nSPS) is 12.7. The van der Waals surface area contributed by atoms with Crippen molar-refractivity contribution in [2.24, 2.45) is 11.7 Å². The lowest BCUT2D eigenvalue weighted by Crippen LogP contribution is -2.42. The summed E-state index contributed by atoms with van der Waals surface area (Å²) in [5.74, 6) is 1.48. The van der Waals surface area contributed by atoms with Crippen LogP contribution in [0.25, 0.3) is 0 Å². The quantitative estimate of drug-likeness (QED) is 0.888. The van der Waals surface area contributed by atoms with Gasteiger partial charge in [-0.25, -0.2) is 0 Å². The molecule has 1 rings (SSSR count). The van der Waals surface area contributed by atoms with Gasteiger partial charge in [0.1, 0.15) is 5.75 Å². The molecule has 0 fully saturated rings. The molecule has 1 atom stereocenters. The van der Waals surface area contributed by atoms with E-state index in [4.69, 9.17) is 10.5 Å². The zero-order valence-corrected chi connectivity index (χ0v) is 13.4. The fourth-order valence-electron chi connectivity index (χ4n) is 2.83. The van der Waals surface area contributed by atoms with Crippen LogP contribution in [0.15, 0.2) is 6.07 Å². The summed E-state index contributed by atoms with van der Waals surface area (Å²) in [6, 6.07) is 2.47. The fraction of sp³-hybridized carbons (Fsp3) is 0.625. The van der Waals surface area contributed by atoms with Gasteiger partial charge in [-0.3, -0.25) is 0 Å². The highest BCUT2D eigenvalue weighted by Gasteiger charge is 2.22. The maximum atomic E-state index is 5.94. The second-order valence-corrected chi connectivity index (χ2v) is 5.65. The van der Waals surface area contributed by atoms with E-state index in [0.717, 1.165) is 5.75 Å². The van der Waals surface area contributed by atoms with E-state index in [1.54, 1.807) is 7.11 Å². The van der Waals surface area contributed by atoms with Crippen LogP contribution >= 0.6 is 0 Å². The maximum absolute atomic E-state index is 5.94. The first-order valence-corrected chi connectivity index (χ1v) is 6.92. The van der Waals surface area contributed by atoms with Gasteiger partial charge >= 0.3 is 0 Å². The Balaban J connectivity index is 3.31. The van der Waals surface area contributed by atoms with Crippen LogP contribution in [0, 0.1) is 26.7 Å². The van der Waals surface area contributed by atoms with Crippen molar-refractivity contribution in [1.29, 1.82) is 0 Å². The van der Waals surface area contributed by atoms with Gasteiger partial charge in [0.15, 0.2) is 0 Å². The van der Waals surface area contributed by atoms with E-state index in [9.17, 15) is 0 Å². The lowest BCUT2D eigenvalue weighted by molar-refractivity contribution is 0.410. The van der Waals surface area contributed by atoms with Crippen molar-refractivity contribution in [2.45, 2.75) is 40.7 Å². The molecule has 19 heavy (non-hydrogen) atoms. The second kappa shape index (κ2) is 6.29. The summed E-state index contributed by atoms with van der Waals surface area (Å²) in [5.41, 5.74) is 10.9.